The molecule has 3 aromatic heterocycles. The quantitative estimate of drug-likeness (QED) is 0.663. The summed E-state index contributed by atoms with van der Waals surface area (Å²) in [6.45, 7) is 4.65. The normalized spacial score (nSPS) is 11.8. The number of imidazole rings is 1. The van der Waals surface area contributed by atoms with E-state index in [-0.39, 0.29) is 0 Å². The lowest BCUT2D eigenvalue weighted by atomic mass is 10.1. The Bertz CT molecular complexity index is 898. The minimum Gasteiger partial charge on any atom is -0.446 e. The molecule has 0 saturated carbocycles. The third kappa shape index (κ3) is 4.51. The van der Waals surface area contributed by atoms with Gasteiger partial charge in [0, 0.05) is 52.0 Å². The SMILES string of the molecule is Cc1ccc(-c2coc(=NCCSCc3nc[nH]c3C)cc2N)cn1. The number of hydrogen-bond donors (Lipinski definition) is 2. The topological polar surface area (TPSA) is 93.1 Å². The third-order valence-electron chi connectivity index (χ3n) is 3.79. The molecule has 25 heavy (non-hydrogen) atoms. The molecule has 0 fully saturated rings. The number of aryl methyl sites for hydroxylation is 2. The summed E-state index contributed by atoms with van der Waals surface area (Å²) < 4.78 is 5.59. The first-order chi connectivity index (χ1) is 12.1. The molecule has 0 saturated heterocycles. The van der Waals surface area contributed by atoms with Gasteiger partial charge in [0.15, 0.2) is 0 Å². The van der Waals surface area contributed by atoms with Crippen molar-refractivity contribution in [3.63, 3.8) is 0 Å². The van der Waals surface area contributed by atoms with E-state index in [1.54, 1.807) is 36.6 Å². The van der Waals surface area contributed by atoms with Gasteiger partial charge < -0.3 is 15.1 Å². The van der Waals surface area contributed by atoms with Crippen LogP contribution >= 0.6 is 11.8 Å². The minimum atomic E-state index is 0.540. The fourth-order valence-electron chi connectivity index (χ4n) is 2.30. The van der Waals surface area contributed by atoms with E-state index in [2.05, 4.69) is 19.9 Å². The minimum absolute atomic E-state index is 0.540. The van der Waals surface area contributed by atoms with Crippen LogP contribution in [0.5, 0.6) is 0 Å². The van der Waals surface area contributed by atoms with Crippen LogP contribution in [0.1, 0.15) is 17.1 Å². The van der Waals surface area contributed by atoms with Crippen LogP contribution in [0.4, 0.5) is 5.69 Å². The zero-order valence-corrected chi connectivity index (χ0v) is 15.1. The molecule has 0 bridgehead atoms. The average molecular weight is 355 g/mol. The van der Waals surface area contributed by atoms with E-state index in [1.807, 2.05) is 26.0 Å². The molecule has 0 unspecified atom stereocenters. The van der Waals surface area contributed by atoms with Crippen LogP contribution in [0.3, 0.4) is 0 Å². The van der Waals surface area contributed by atoms with Crippen molar-refractivity contribution < 1.29 is 4.42 Å². The van der Waals surface area contributed by atoms with E-state index in [4.69, 9.17) is 10.2 Å². The molecule has 0 aliphatic carbocycles. The number of aromatic nitrogens is 3. The van der Waals surface area contributed by atoms with E-state index >= 15 is 0 Å². The van der Waals surface area contributed by atoms with Gasteiger partial charge >= 0.3 is 0 Å². The molecule has 0 atom stereocenters. The summed E-state index contributed by atoms with van der Waals surface area (Å²) in [5.41, 5.74) is 12.3. The first kappa shape index (κ1) is 17.3. The second-order valence-electron chi connectivity index (χ2n) is 5.68. The highest BCUT2D eigenvalue weighted by Crippen LogP contribution is 2.23. The molecule has 3 heterocycles. The van der Waals surface area contributed by atoms with Gasteiger partial charge in [-0.25, -0.2) is 4.98 Å². The summed E-state index contributed by atoms with van der Waals surface area (Å²) in [5.74, 6) is 1.77. The smallest absolute Gasteiger partial charge is 0.215 e. The van der Waals surface area contributed by atoms with Crippen molar-refractivity contribution >= 4 is 17.4 Å². The van der Waals surface area contributed by atoms with Gasteiger partial charge in [-0.2, -0.15) is 11.8 Å². The first-order valence-corrected chi connectivity index (χ1v) is 9.17. The van der Waals surface area contributed by atoms with Crippen LogP contribution in [0.25, 0.3) is 11.1 Å². The van der Waals surface area contributed by atoms with E-state index in [1.165, 1.54) is 0 Å². The third-order valence-corrected chi connectivity index (χ3v) is 4.74. The first-order valence-electron chi connectivity index (χ1n) is 8.02. The lowest BCUT2D eigenvalue weighted by Gasteiger charge is -2.04. The molecule has 0 aliphatic heterocycles. The van der Waals surface area contributed by atoms with Crippen molar-refractivity contribution in [1.82, 2.24) is 15.0 Å². The van der Waals surface area contributed by atoms with Crippen LogP contribution in [0.15, 0.2) is 46.4 Å². The highest BCUT2D eigenvalue weighted by Gasteiger charge is 2.04. The van der Waals surface area contributed by atoms with E-state index in [9.17, 15) is 0 Å². The monoisotopic (exact) mass is 355 g/mol. The average Bonchev–Trinajstić information content (AvgIpc) is 3.01. The van der Waals surface area contributed by atoms with Crippen molar-refractivity contribution in [1.29, 1.82) is 0 Å². The summed E-state index contributed by atoms with van der Waals surface area (Å²) in [7, 11) is 0. The Morgan fingerprint density at radius 1 is 1.28 bits per heavy atom. The van der Waals surface area contributed by atoms with Crippen molar-refractivity contribution in [2.75, 3.05) is 18.0 Å². The molecule has 3 rings (SSSR count). The number of anilines is 1. The molecule has 6 nitrogen and oxygen atoms in total. The summed E-state index contributed by atoms with van der Waals surface area (Å²) in [6.07, 6.45) is 5.16. The van der Waals surface area contributed by atoms with Crippen molar-refractivity contribution in [2.24, 2.45) is 4.99 Å². The van der Waals surface area contributed by atoms with Crippen LogP contribution in [0.2, 0.25) is 0 Å². The second-order valence-corrected chi connectivity index (χ2v) is 6.79. The van der Waals surface area contributed by atoms with Crippen LogP contribution < -0.4 is 11.3 Å². The molecule has 0 spiro atoms. The van der Waals surface area contributed by atoms with Gasteiger partial charge in [0.2, 0.25) is 5.55 Å². The van der Waals surface area contributed by atoms with Gasteiger partial charge in [-0.05, 0) is 19.9 Å². The molecule has 0 radical (unpaired) electrons. The Morgan fingerprint density at radius 3 is 2.84 bits per heavy atom. The van der Waals surface area contributed by atoms with Gasteiger partial charge in [0.25, 0.3) is 0 Å². The van der Waals surface area contributed by atoms with Gasteiger partial charge in [0.05, 0.1) is 18.6 Å². The highest BCUT2D eigenvalue weighted by atomic mass is 32.2. The summed E-state index contributed by atoms with van der Waals surface area (Å²) in [5, 5.41) is 0. The standard InChI is InChI=1S/C18H21N5OS/c1-12-3-4-14(8-21-12)15-9-24-18(7-16(15)19)20-5-6-25-10-17-13(2)22-11-23-17/h3-4,7-9,11H,5-6,10,19H2,1-2H3,(H,22,23). The van der Waals surface area contributed by atoms with E-state index in [0.717, 1.165) is 39.7 Å². The van der Waals surface area contributed by atoms with Crippen LogP contribution in [0, 0.1) is 13.8 Å². The number of thioether (sulfide) groups is 1. The van der Waals surface area contributed by atoms with Crippen molar-refractivity contribution in [3.05, 3.63) is 59.6 Å². The van der Waals surface area contributed by atoms with Crippen molar-refractivity contribution in [3.8, 4) is 11.1 Å². The number of hydrogen-bond acceptors (Lipinski definition) is 6. The number of nitrogens with two attached hydrogens (primary N) is 1. The van der Waals surface area contributed by atoms with Gasteiger partial charge in [-0.1, -0.05) is 6.07 Å². The van der Waals surface area contributed by atoms with Crippen LogP contribution in [-0.2, 0) is 5.75 Å². The Labute approximate surface area is 150 Å². The Morgan fingerprint density at radius 2 is 2.16 bits per heavy atom. The van der Waals surface area contributed by atoms with Gasteiger partial charge in [-0.3, -0.25) is 9.98 Å². The molecular weight excluding hydrogens is 334 g/mol. The summed E-state index contributed by atoms with van der Waals surface area (Å²) in [6, 6.07) is 5.69. The molecule has 0 aromatic carbocycles. The van der Waals surface area contributed by atoms with Crippen molar-refractivity contribution in [2.45, 2.75) is 19.6 Å². The zero-order chi connectivity index (χ0) is 17.6. The molecule has 3 N–H and O–H groups in total. The Hall–Kier alpha value is -2.54. The second kappa shape index (κ2) is 8.02. The molecule has 0 amide bonds. The van der Waals surface area contributed by atoms with E-state index in [0.29, 0.717) is 17.8 Å². The maximum atomic E-state index is 6.14. The largest absolute Gasteiger partial charge is 0.446 e. The Balaban J connectivity index is 1.59. The zero-order valence-electron chi connectivity index (χ0n) is 14.3. The number of nitrogens with one attached hydrogen (secondary N) is 1. The number of pyridine rings is 1. The highest BCUT2D eigenvalue weighted by molar-refractivity contribution is 7.98. The predicted molar refractivity (Wildman–Crippen MR) is 101 cm³/mol. The summed E-state index contributed by atoms with van der Waals surface area (Å²) in [4.78, 5) is 16.1. The van der Waals surface area contributed by atoms with Crippen LogP contribution in [-0.4, -0.2) is 27.2 Å². The number of rotatable bonds is 6. The summed E-state index contributed by atoms with van der Waals surface area (Å²) >= 11 is 1.79. The molecule has 0 aliphatic rings. The number of nitrogen functional groups attached to an aromatic ring is 1. The van der Waals surface area contributed by atoms with E-state index < -0.39 is 0 Å². The van der Waals surface area contributed by atoms with Gasteiger partial charge in [0.1, 0.15) is 6.26 Å². The number of H-pyrrole nitrogens is 1. The molecule has 7 heteroatoms. The number of nitrogens with zero attached hydrogens (tertiary/aromatic N) is 3. The maximum absolute atomic E-state index is 6.14. The lowest BCUT2D eigenvalue weighted by molar-refractivity contribution is 0.493. The van der Waals surface area contributed by atoms with Gasteiger partial charge in [-0.15, -0.1) is 0 Å². The lowest BCUT2D eigenvalue weighted by Crippen LogP contribution is -2.05. The number of aromatic amines is 1. The molecule has 130 valence electrons. The predicted octanol–water partition coefficient (Wildman–Crippen LogP) is 3.10. The Kier molecular flexibility index (Phi) is 5.55. The fourth-order valence-corrected chi connectivity index (χ4v) is 3.15. The molecule has 3 aromatic rings. The maximum Gasteiger partial charge on any atom is 0.215 e. The molecular formula is C18H21N5OS. The fraction of sp³-hybridized carbons (Fsp3) is 0.278.